The van der Waals surface area contributed by atoms with E-state index in [0.717, 1.165) is 25.7 Å². The maximum atomic E-state index is 12.3. The van der Waals surface area contributed by atoms with Crippen molar-refractivity contribution in [1.82, 2.24) is 10.6 Å². The minimum atomic E-state index is -0.649. The molecular weight excluding hydrogens is 444 g/mol. The SMILES string of the molecule is C=C(COC(=O)NC(C)(C)C1CCCC(C(C)(C)NC(=O)OCC(=C)C(=O)OC)C1)C(=O)OC. The molecule has 34 heavy (non-hydrogen) atoms. The normalized spacial score (nSPS) is 18.2. The van der Waals surface area contributed by atoms with Crippen LogP contribution in [-0.4, -0.2) is 62.6 Å². The zero-order chi connectivity index (χ0) is 26.1. The second kappa shape index (κ2) is 12.4. The lowest BCUT2D eigenvalue weighted by molar-refractivity contribution is -0.137. The van der Waals surface area contributed by atoms with Gasteiger partial charge in [-0.25, -0.2) is 19.2 Å². The van der Waals surface area contributed by atoms with Gasteiger partial charge >= 0.3 is 24.1 Å². The van der Waals surface area contributed by atoms with Crippen LogP contribution in [0.3, 0.4) is 0 Å². The molecular formula is C24H38N2O8. The quantitative estimate of drug-likeness (QED) is 0.276. The molecule has 1 rings (SSSR count). The van der Waals surface area contributed by atoms with Crippen molar-refractivity contribution in [1.29, 1.82) is 0 Å². The highest BCUT2D eigenvalue weighted by Crippen LogP contribution is 2.40. The fourth-order valence-electron chi connectivity index (χ4n) is 4.01. The van der Waals surface area contributed by atoms with E-state index < -0.39 is 35.2 Å². The smallest absolute Gasteiger partial charge is 0.407 e. The minimum Gasteiger partial charge on any atom is -0.466 e. The van der Waals surface area contributed by atoms with E-state index in [1.165, 1.54) is 14.2 Å². The summed E-state index contributed by atoms with van der Waals surface area (Å²) >= 11 is 0. The highest BCUT2D eigenvalue weighted by Gasteiger charge is 2.41. The predicted molar refractivity (Wildman–Crippen MR) is 125 cm³/mol. The Balaban J connectivity index is 2.66. The first kappa shape index (κ1) is 29.0. The Morgan fingerprint density at radius 2 is 1.12 bits per heavy atom. The Kier molecular flexibility index (Phi) is 10.6. The minimum absolute atomic E-state index is 0.0445. The van der Waals surface area contributed by atoms with E-state index in [2.05, 4.69) is 33.3 Å². The first-order valence-electron chi connectivity index (χ1n) is 11.2. The number of amides is 2. The van der Waals surface area contributed by atoms with Crippen molar-refractivity contribution in [2.24, 2.45) is 11.8 Å². The van der Waals surface area contributed by atoms with Gasteiger partial charge in [-0.15, -0.1) is 0 Å². The highest BCUT2D eigenvalue weighted by atomic mass is 16.6. The molecule has 10 heteroatoms. The number of esters is 2. The number of carbonyl (C=O) groups is 4. The number of methoxy groups -OCH3 is 2. The van der Waals surface area contributed by atoms with Gasteiger partial charge in [0.05, 0.1) is 25.4 Å². The Bertz CT molecular complexity index is 739. The third kappa shape index (κ3) is 8.72. The van der Waals surface area contributed by atoms with Crippen LogP contribution in [0.4, 0.5) is 9.59 Å². The Morgan fingerprint density at radius 3 is 1.44 bits per heavy atom. The van der Waals surface area contributed by atoms with Crippen molar-refractivity contribution in [3.63, 3.8) is 0 Å². The van der Waals surface area contributed by atoms with Crippen molar-refractivity contribution in [3.8, 4) is 0 Å². The molecule has 2 atom stereocenters. The highest BCUT2D eigenvalue weighted by molar-refractivity contribution is 5.88. The monoisotopic (exact) mass is 482 g/mol. The van der Waals surface area contributed by atoms with Crippen molar-refractivity contribution in [2.75, 3.05) is 27.4 Å². The summed E-state index contributed by atoms with van der Waals surface area (Å²) < 4.78 is 19.3. The molecule has 0 heterocycles. The molecule has 0 saturated heterocycles. The first-order chi connectivity index (χ1) is 15.7. The van der Waals surface area contributed by atoms with Crippen LogP contribution in [0.2, 0.25) is 0 Å². The lowest BCUT2D eigenvalue weighted by atomic mass is 9.67. The van der Waals surface area contributed by atoms with Crippen LogP contribution in [-0.2, 0) is 28.5 Å². The molecule has 0 aromatic carbocycles. The maximum Gasteiger partial charge on any atom is 0.407 e. The Labute approximate surface area is 201 Å². The van der Waals surface area contributed by atoms with E-state index in [4.69, 9.17) is 9.47 Å². The standard InChI is InChI=1S/C24H38N2O8/c1-15(19(27)31-7)13-33-21(29)25-23(3,4)17-10-9-11-18(12-17)24(5,6)26-22(30)34-14-16(2)20(28)32-8/h17-18H,1-2,9-14H2,3-8H3,(H,25,29)(H,26,30). The zero-order valence-corrected chi connectivity index (χ0v) is 21.1. The summed E-state index contributed by atoms with van der Waals surface area (Å²) in [4.78, 5) is 47.4. The molecule has 0 aromatic rings. The lowest BCUT2D eigenvalue weighted by Crippen LogP contribution is -2.55. The average molecular weight is 483 g/mol. The van der Waals surface area contributed by atoms with Gasteiger partial charge in [0.2, 0.25) is 0 Å². The van der Waals surface area contributed by atoms with Crippen molar-refractivity contribution in [2.45, 2.75) is 64.5 Å². The van der Waals surface area contributed by atoms with Crippen LogP contribution in [0.5, 0.6) is 0 Å². The van der Waals surface area contributed by atoms with E-state index in [-0.39, 0.29) is 36.2 Å². The third-order valence-electron chi connectivity index (χ3n) is 6.27. The first-order valence-corrected chi connectivity index (χ1v) is 11.2. The van der Waals surface area contributed by atoms with E-state index in [1.807, 2.05) is 27.7 Å². The largest absolute Gasteiger partial charge is 0.466 e. The van der Waals surface area contributed by atoms with Crippen LogP contribution in [0.1, 0.15) is 53.4 Å². The molecule has 0 aromatic heterocycles. The molecule has 1 aliphatic carbocycles. The van der Waals surface area contributed by atoms with Gasteiger partial charge < -0.3 is 29.6 Å². The summed E-state index contributed by atoms with van der Waals surface area (Å²) in [5.74, 6) is -1.02. The van der Waals surface area contributed by atoms with Gasteiger partial charge in [0.25, 0.3) is 0 Å². The van der Waals surface area contributed by atoms with Gasteiger partial charge in [-0.3, -0.25) is 0 Å². The molecule has 0 bridgehead atoms. The second-order valence-electron chi connectivity index (χ2n) is 9.60. The van der Waals surface area contributed by atoms with Gasteiger partial charge in [-0.1, -0.05) is 19.6 Å². The van der Waals surface area contributed by atoms with E-state index in [1.54, 1.807) is 0 Å². The fourth-order valence-corrected chi connectivity index (χ4v) is 4.01. The number of hydrogen-bond donors (Lipinski definition) is 2. The van der Waals surface area contributed by atoms with E-state index in [0.29, 0.717) is 0 Å². The zero-order valence-electron chi connectivity index (χ0n) is 21.1. The summed E-state index contributed by atoms with van der Waals surface area (Å²) in [6.45, 7) is 14.2. The van der Waals surface area contributed by atoms with Gasteiger partial charge in [-0.2, -0.15) is 0 Å². The summed E-state index contributed by atoms with van der Waals surface area (Å²) in [7, 11) is 2.45. The molecule has 2 amide bonds. The van der Waals surface area contributed by atoms with Crippen LogP contribution in [0.15, 0.2) is 24.3 Å². The molecule has 2 N–H and O–H groups in total. The number of nitrogens with one attached hydrogen (secondary N) is 2. The molecule has 1 saturated carbocycles. The van der Waals surface area contributed by atoms with Gasteiger partial charge in [0, 0.05) is 11.1 Å². The summed E-state index contributed by atoms with van der Waals surface area (Å²) in [5.41, 5.74) is -1.08. The molecule has 0 radical (unpaired) electrons. The lowest BCUT2D eigenvalue weighted by Gasteiger charge is -2.45. The Hall–Kier alpha value is -3.04. The Morgan fingerprint density at radius 1 is 0.765 bits per heavy atom. The van der Waals surface area contributed by atoms with Crippen LogP contribution < -0.4 is 10.6 Å². The van der Waals surface area contributed by atoms with Crippen molar-refractivity contribution < 1.29 is 38.1 Å². The summed E-state index contributed by atoms with van der Waals surface area (Å²) in [6, 6.07) is 0. The van der Waals surface area contributed by atoms with Crippen molar-refractivity contribution in [3.05, 3.63) is 24.3 Å². The predicted octanol–water partition coefficient (Wildman–Crippen LogP) is 3.26. The number of ether oxygens (including phenoxy) is 4. The van der Waals surface area contributed by atoms with E-state index >= 15 is 0 Å². The molecule has 0 aliphatic heterocycles. The average Bonchev–Trinajstić information content (AvgIpc) is 2.79. The number of rotatable bonds is 10. The molecule has 10 nitrogen and oxygen atoms in total. The number of carbonyl (C=O) groups excluding carboxylic acids is 4. The van der Waals surface area contributed by atoms with Gasteiger partial charge in [0.1, 0.15) is 13.2 Å². The third-order valence-corrected chi connectivity index (χ3v) is 6.27. The van der Waals surface area contributed by atoms with Crippen molar-refractivity contribution >= 4 is 24.1 Å². The second-order valence-corrected chi connectivity index (χ2v) is 9.60. The van der Waals surface area contributed by atoms with Crippen LogP contribution in [0.25, 0.3) is 0 Å². The molecule has 0 spiro atoms. The number of alkyl carbamates (subject to hydrolysis) is 2. The van der Waals surface area contributed by atoms with Crippen LogP contribution >= 0.6 is 0 Å². The summed E-state index contributed by atoms with van der Waals surface area (Å²) in [6.07, 6.45) is 2.18. The van der Waals surface area contributed by atoms with Gasteiger partial charge in [-0.05, 0) is 58.8 Å². The van der Waals surface area contributed by atoms with Gasteiger partial charge in [0.15, 0.2) is 0 Å². The summed E-state index contributed by atoms with van der Waals surface area (Å²) in [5, 5.41) is 5.76. The maximum absolute atomic E-state index is 12.3. The topological polar surface area (TPSA) is 129 Å². The molecule has 1 aliphatic rings. The fraction of sp³-hybridized carbons (Fsp3) is 0.667. The molecule has 2 unspecified atom stereocenters. The molecule has 192 valence electrons. The van der Waals surface area contributed by atoms with E-state index in [9.17, 15) is 19.2 Å². The number of hydrogen-bond acceptors (Lipinski definition) is 8. The van der Waals surface area contributed by atoms with Crippen LogP contribution in [0, 0.1) is 11.8 Å². The molecule has 1 fully saturated rings.